The van der Waals surface area contributed by atoms with E-state index in [1.807, 2.05) is 0 Å². The fourth-order valence-corrected chi connectivity index (χ4v) is 6.62. The summed E-state index contributed by atoms with van der Waals surface area (Å²) in [5.74, 6) is -1.01. The van der Waals surface area contributed by atoms with Crippen LogP contribution in [0.3, 0.4) is 0 Å². The second-order valence-electron chi connectivity index (χ2n) is 9.86. The molecule has 57 heavy (non-hydrogen) atoms. The van der Waals surface area contributed by atoms with Crippen molar-refractivity contribution >= 4 is 107 Å². The maximum absolute atomic E-state index is 12.8. The summed E-state index contributed by atoms with van der Waals surface area (Å²) in [4.78, 5) is 13.2. The first-order valence-electron chi connectivity index (χ1n) is 14.1. The Labute approximate surface area is 418 Å². The minimum Gasteiger partial charge on any atom is -0.744 e. The molecule has 0 unspecified atom stereocenters. The summed E-state index contributed by atoms with van der Waals surface area (Å²) in [6.45, 7) is -0.303. The van der Waals surface area contributed by atoms with Crippen molar-refractivity contribution < 1.29 is 164 Å². The van der Waals surface area contributed by atoms with E-state index < -0.39 is 80.0 Å². The smallest absolute Gasteiger partial charge is 0.744 e. The summed E-state index contributed by atoms with van der Waals surface area (Å²) < 4.78 is 104. The quantitative estimate of drug-likeness (QED) is 0.00951. The molecule has 0 heterocycles. The molecule has 4 rings (SSSR count). The number of halogens is 2. The van der Waals surface area contributed by atoms with Crippen LogP contribution in [0, 0.1) is 0 Å². The number of hydrogen-bond acceptors (Lipinski definition) is 20. The Kier molecular flexibility index (Phi) is 26.6. The van der Waals surface area contributed by atoms with Gasteiger partial charge in [0.1, 0.15) is 37.3 Å². The molecular weight excluding hydrogens is 1090 g/mol. The van der Waals surface area contributed by atoms with Crippen LogP contribution < -0.4 is 128 Å². The predicted molar refractivity (Wildman–Crippen MR) is 195 cm³/mol. The zero-order valence-corrected chi connectivity index (χ0v) is 43.6. The van der Waals surface area contributed by atoms with E-state index in [0.29, 0.717) is 23.3 Å². The van der Waals surface area contributed by atoms with Gasteiger partial charge in [0, 0.05) is 11.3 Å². The van der Waals surface area contributed by atoms with Crippen LogP contribution in [0.5, 0.6) is 0 Å². The van der Waals surface area contributed by atoms with Crippen molar-refractivity contribution in [1.29, 1.82) is 0 Å². The first kappa shape index (κ1) is 56.6. The van der Waals surface area contributed by atoms with Gasteiger partial charge in [-0.05, 0) is 66.7 Å². The Bertz CT molecular complexity index is 2350. The predicted octanol–water partition coefficient (Wildman–Crippen LogP) is -7.61. The molecule has 1 amide bonds. The second kappa shape index (κ2) is 26.8. The van der Waals surface area contributed by atoms with Crippen molar-refractivity contribution in [2.24, 2.45) is 20.5 Å². The first-order valence-corrected chi connectivity index (χ1v) is 27.7. The van der Waals surface area contributed by atoms with E-state index >= 15 is 0 Å². The molecule has 4 aromatic carbocycles. The van der Waals surface area contributed by atoms with E-state index in [9.17, 15) is 44.4 Å². The van der Waals surface area contributed by atoms with Gasteiger partial charge in [0.2, 0.25) is 0 Å². The standard InChI is InChI=1S/C27H25N7O13S4.CH3I2.3Na/c28-24-21(33-32-20-3-1-2-4-22(20)50(39,40)41)15-23(51(42,43)44)25(29)26(24)34-31-18-7-5-16(6-8-18)27(35)30-17-9-11-19(12-10-17)49(37,38)14-13-45-48-47-46-36;1-3-2;;;/h1-12,15,36H,13-14,28-29H2,(H,30,35)(H,39,40,41)(H,42,43,44);1H3;;;/q;-1;3*+1/p-3. The third-order valence-electron chi connectivity index (χ3n) is 6.39. The monoisotopic (exact) mass is 1120 g/mol. The fraction of sp³-hybridized carbons (Fsp3) is 0.107. The largest absolute Gasteiger partial charge is 1.00 e. The third-order valence-corrected chi connectivity index (χ3v) is 10.2. The summed E-state index contributed by atoms with van der Waals surface area (Å²) in [5, 5.41) is 30.6. The number of anilines is 3. The molecule has 0 spiro atoms. The minimum absolute atomic E-state index is 0. The summed E-state index contributed by atoms with van der Waals surface area (Å²) >= 11 is 3.14. The molecule has 292 valence electrons. The molecule has 0 atom stereocenters. The van der Waals surface area contributed by atoms with Gasteiger partial charge < -0.3 is 31.1 Å². The summed E-state index contributed by atoms with van der Waals surface area (Å²) in [6.07, 6.45) is 0. The zero-order valence-electron chi connectivity index (χ0n) is 30.1. The number of carbonyl (C=O) groups excluding carboxylic acids is 1. The van der Waals surface area contributed by atoms with Gasteiger partial charge in [0.25, 0.3) is 5.91 Å². The average Bonchev–Trinajstić information content (AvgIpc) is 3.11. The van der Waals surface area contributed by atoms with Crippen LogP contribution in [0.2, 0.25) is 0 Å². The van der Waals surface area contributed by atoms with E-state index in [0.717, 1.165) is 12.1 Å². The van der Waals surface area contributed by atoms with Gasteiger partial charge in [-0.15, -0.1) is 19.7 Å². The Hall–Kier alpha value is -0.430. The maximum atomic E-state index is 12.8. The number of sulfone groups is 1. The molecule has 0 fully saturated rings. The van der Waals surface area contributed by atoms with Gasteiger partial charge in [-0.25, -0.2) is 25.3 Å². The van der Waals surface area contributed by atoms with Crippen LogP contribution in [-0.4, -0.2) is 57.6 Å². The van der Waals surface area contributed by atoms with Gasteiger partial charge in [-0.1, -0.05) is 12.1 Å². The fourth-order valence-electron chi connectivity index (χ4n) is 3.98. The van der Waals surface area contributed by atoms with Crippen LogP contribution in [-0.2, 0) is 43.6 Å². The molecule has 0 radical (unpaired) electrons. The molecule has 4 aromatic rings. The number of azo groups is 2. The van der Waals surface area contributed by atoms with Gasteiger partial charge in [0.05, 0.1) is 44.1 Å². The van der Waals surface area contributed by atoms with Gasteiger partial charge in [0.15, 0.2) is 22.2 Å². The van der Waals surface area contributed by atoms with Crippen LogP contribution in [0.15, 0.2) is 114 Å². The molecule has 0 aliphatic heterocycles. The molecule has 20 nitrogen and oxygen atoms in total. The molecule has 0 aliphatic carbocycles. The van der Waals surface area contributed by atoms with Gasteiger partial charge in [-0.3, -0.25) is 14.0 Å². The first-order chi connectivity index (χ1) is 25.4. The maximum Gasteiger partial charge on any atom is 1.00 e. The zero-order chi connectivity index (χ0) is 40.1. The molecule has 5 N–H and O–H groups in total. The van der Waals surface area contributed by atoms with Crippen molar-refractivity contribution in [3.63, 3.8) is 0 Å². The molecule has 0 saturated carbocycles. The Morgan fingerprint density at radius 1 is 0.807 bits per heavy atom. The number of nitrogen functional groups attached to an aromatic ring is 2. The van der Waals surface area contributed by atoms with E-state index in [-0.39, 0.29) is 129 Å². The topological polar surface area (TPSA) is 330 Å². The molecule has 29 heteroatoms. The number of carbonyl (C=O) groups is 1. The number of nitrogens with one attached hydrogen (secondary N) is 1. The SMILES string of the molecule is C[I-]I.Nc1c(N=Nc2ccccc2S(=O)(=O)[O-])cc(S(=O)(=O)[O-])c(N)c1N=Nc1ccc(C(=O)Nc2ccc(S(=O)(=O)CCOSOO[O-])cc2)cc1.[Na+].[Na+].[Na+]. The number of alkyl halides is 1. The summed E-state index contributed by atoms with van der Waals surface area (Å²) in [5.41, 5.74) is 10.1. The summed E-state index contributed by atoms with van der Waals surface area (Å²) in [6, 6.07) is 16.1. The Morgan fingerprint density at radius 3 is 1.93 bits per heavy atom. The molecule has 0 aliphatic rings. The van der Waals surface area contributed by atoms with E-state index in [1.165, 1.54) is 60.7 Å². The normalized spacial score (nSPS) is 11.5. The minimum atomic E-state index is -5.23. The van der Waals surface area contributed by atoms with Crippen molar-refractivity contribution in [3.8, 4) is 0 Å². The number of nitrogens with two attached hydrogens (primary N) is 2. The molecule has 0 saturated heterocycles. The number of nitrogens with zero attached hydrogens (tertiary/aromatic N) is 4. The van der Waals surface area contributed by atoms with Crippen LogP contribution in [0.25, 0.3) is 0 Å². The Morgan fingerprint density at radius 2 is 1.37 bits per heavy atom. The van der Waals surface area contributed by atoms with Gasteiger partial charge in [-0.2, -0.15) is 5.11 Å². The molecule has 0 bridgehead atoms. The Balaban J connectivity index is 0.00000506. The summed E-state index contributed by atoms with van der Waals surface area (Å²) in [7, 11) is -14.0. The molecular formula is C28H25I2N7Na3O13S4-. The number of rotatable bonds is 15. The molecule has 0 aromatic heterocycles. The van der Waals surface area contributed by atoms with Crippen LogP contribution in [0.1, 0.15) is 10.4 Å². The van der Waals surface area contributed by atoms with E-state index in [4.69, 9.17) is 15.7 Å². The van der Waals surface area contributed by atoms with Crippen LogP contribution >= 0.6 is 30.9 Å². The van der Waals surface area contributed by atoms with Crippen LogP contribution in [0.4, 0.5) is 39.8 Å². The average molecular weight is 1120 g/mol. The number of benzene rings is 4. The number of hydrogen-bond donors (Lipinski definition) is 3. The second-order valence-corrected chi connectivity index (χ2v) is 21.5. The van der Waals surface area contributed by atoms with E-state index in [1.54, 1.807) is 0 Å². The van der Waals surface area contributed by atoms with Crippen molar-refractivity contribution in [3.05, 3.63) is 84.4 Å². The van der Waals surface area contributed by atoms with Crippen molar-refractivity contribution in [2.45, 2.75) is 14.7 Å². The van der Waals surface area contributed by atoms with Gasteiger partial charge >= 0.3 is 129 Å². The van der Waals surface area contributed by atoms with Crippen molar-refractivity contribution in [1.82, 2.24) is 0 Å². The van der Waals surface area contributed by atoms with Crippen molar-refractivity contribution in [2.75, 3.05) is 34.1 Å². The third kappa shape index (κ3) is 17.8. The number of amides is 1. The van der Waals surface area contributed by atoms with E-state index in [2.05, 4.69) is 58.7 Å².